The van der Waals surface area contributed by atoms with Gasteiger partial charge in [-0.2, -0.15) is 0 Å². The van der Waals surface area contributed by atoms with Gasteiger partial charge < -0.3 is 10.1 Å². The van der Waals surface area contributed by atoms with Crippen molar-refractivity contribution < 1.29 is 4.74 Å². The predicted molar refractivity (Wildman–Crippen MR) is 75.3 cm³/mol. The van der Waals surface area contributed by atoms with Gasteiger partial charge in [0.1, 0.15) is 5.75 Å². The van der Waals surface area contributed by atoms with E-state index in [0.717, 1.165) is 31.7 Å². The quantitative estimate of drug-likeness (QED) is 0.908. The number of nitrogens with one attached hydrogen (secondary N) is 1. The van der Waals surface area contributed by atoms with Crippen molar-refractivity contribution in [2.45, 2.75) is 18.9 Å². The monoisotopic (exact) mass is 259 g/mol. The van der Waals surface area contributed by atoms with E-state index in [2.05, 4.69) is 41.0 Å². The molecule has 0 bridgehead atoms. The first-order valence-electron chi connectivity index (χ1n) is 6.41. The summed E-state index contributed by atoms with van der Waals surface area (Å²) >= 11 is 1.83. The SMILES string of the molecule is c1csc(CCNC2CCOc3ccccc32)c1. The molecule has 0 radical (unpaired) electrons. The molecule has 1 unspecified atom stereocenters. The molecule has 1 aromatic heterocycles. The van der Waals surface area contributed by atoms with Crippen molar-refractivity contribution in [1.29, 1.82) is 0 Å². The highest BCUT2D eigenvalue weighted by Crippen LogP contribution is 2.31. The van der Waals surface area contributed by atoms with Crippen molar-refractivity contribution >= 4 is 11.3 Å². The molecule has 0 amide bonds. The van der Waals surface area contributed by atoms with Crippen LogP contribution in [0.15, 0.2) is 41.8 Å². The lowest BCUT2D eigenvalue weighted by Crippen LogP contribution is -2.28. The molecule has 3 rings (SSSR count). The Bertz CT molecular complexity index is 495. The molecule has 1 aromatic carbocycles. The highest BCUT2D eigenvalue weighted by Gasteiger charge is 2.19. The van der Waals surface area contributed by atoms with Gasteiger partial charge in [0, 0.05) is 29.4 Å². The molecule has 0 saturated heterocycles. The van der Waals surface area contributed by atoms with E-state index in [4.69, 9.17) is 4.74 Å². The Kier molecular flexibility index (Phi) is 3.62. The second-order valence-electron chi connectivity index (χ2n) is 4.51. The molecule has 18 heavy (non-hydrogen) atoms. The van der Waals surface area contributed by atoms with Gasteiger partial charge in [-0.3, -0.25) is 0 Å². The molecule has 2 heterocycles. The van der Waals surface area contributed by atoms with Crippen molar-refractivity contribution in [2.24, 2.45) is 0 Å². The molecule has 0 aliphatic carbocycles. The Morgan fingerprint density at radius 2 is 2.17 bits per heavy atom. The van der Waals surface area contributed by atoms with Crippen LogP contribution in [0.1, 0.15) is 22.9 Å². The fraction of sp³-hybridized carbons (Fsp3) is 0.333. The molecular weight excluding hydrogens is 242 g/mol. The second-order valence-corrected chi connectivity index (χ2v) is 5.54. The van der Waals surface area contributed by atoms with Gasteiger partial charge in [-0.25, -0.2) is 0 Å². The first-order chi connectivity index (χ1) is 8.93. The summed E-state index contributed by atoms with van der Waals surface area (Å²) in [6.45, 7) is 1.84. The van der Waals surface area contributed by atoms with E-state index in [9.17, 15) is 0 Å². The Morgan fingerprint density at radius 3 is 3.06 bits per heavy atom. The molecule has 1 atom stereocenters. The van der Waals surface area contributed by atoms with Crippen LogP contribution in [-0.2, 0) is 6.42 Å². The van der Waals surface area contributed by atoms with Crippen LogP contribution >= 0.6 is 11.3 Å². The lowest BCUT2D eigenvalue weighted by molar-refractivity contribution is 0.253. The summed E-state index contributed by atoms with van der Waals surface area (Å²) in [5.74, 6) is 1.04. The lowest BCUT2D eigenvalue weighted by atomic mass is 10.0. The highest BCUT2D eigenvalue weighted by atomic mass is 32.1. The van der Waals surface area contributed by atoms with Crippen molar-refractivity contribution in [3.8, 4) is 5.75 Å². The van der Waals surface area contributed by atoms with Crippen LogP contribution in [-0.4, -0.2) is 13.2 Å². The molecule has 0 fully saturated rings. The number of ether oxygens (including phenoxy) is 1. The average molecular weight is 259 g/mol. The maximum atomic E-state index is 5.67. The molecule has 1 N–H and O–H groups in total. The Balaban J connectivity index is 1.60. The number of thiophene rings is 1. The smallest absolute Gasteiger partial charge is 0.124 e. The van der Waals surface area contributed by atoms with Crippen LogP contribution in [0.25, 0.3) is 0 Å². The van der Waals surface area contributed by atoms with Crippen molar-refractivity contribution in [3.05, 3.63) is 52.2 Å². The molecule has 1 aliphatic rings. The molecule has 94 valence electrons. The summed E-state index contributed by atoms with van der Waals surface area (Å²) in [5.41, 5.74) is 1.30. The number of benzene rings is 1. The minimum absolute atomic E-state index is 0.440. The number of para-hydroxylation sites is 1. The molecule has 2 nitrogen and oxygen atoms in total. The third kappa shape index (κ3) is 2.57. The van der Waals surface area contributed by atoms with Crippen molar-refractivity contribution in [1.82, 2.24) is 5.32 Å². The van der Waals surface area contributed by atoms with Crippen LogP contribution in [0.3, 0.4) is 0 Å². The third-order valence-electron chi connectivity index (χ3n) is 3.30. The molecule has 3 heteroatoms. The third-order valence-corrected chi connectivity index (χ3v) is 4.24. The summed E-state index contributed by atoms with van der Waals surface area (Å²) < 4.78 is 5.67. The van der Waals surface area contributed by atoms with Crippen molar-refractivity contribution in [3.63, 3.8) is 0 Å². The average Bonchev–Trinajstić information content (AvgIpc) is 2.92. The Hall–Kier alpha value is -1.32. The van der Waals surface area contributed by atoms with E-state index >= 15 is 0 Å². The number of hydrogen-bond donors (Lipinski definition) is 1. The fourth-order valence-corrected chi connectivity index (χ4v) is 3.09. The van der Waals surface area contributed by atoms with E-state index in [-0.39, 0.29) is 0 Å². The van der Waals surface area contributed by atoms with Crippen LogP contribution in [0.4, 0.5) is 0 Å². The van der Waals surface area contributed by atoms with Crippen molar-refractivity contribution in [2.75, 3.05) is 13.2 Å². The topological polar surface area (TPSA) is 21.3 Å². The summed E-state index contributed by atoms with van der Waals surface area (Å²) in [6, 6.07) is 13.1. The highest BCUT2D eigenvalue weighted by molar-refractivity contribution is 7.09. The number of rotatable bonds is 4. The van der Waals surface area contributed by atoms with E-state index in [0.29, 0.717) is 6.04 Å². The van der Waals surface area contributed by atoms with Gasteiger partial charge in [0.05, 0.1) is 6.61 Å². The number of hydrogen-bond acceptors (Lipinski definition) is 3. The molecule has 1 aliphatic heterocycles. The van der Waals surface area contributed by atoms with Crippen LogP contribution in [0.2, 0.25) is 0 Å². The summed E-state index contributed by atoms with van der Waals surface area (Å²) in [4.78, 5) is 1.45. The standard InChI is InChI=1S/C15H17NOS/c1-2-6-15-13(5-1)14(8-10-17-15)16-9-7-12-4-3-11-18-12/h1-6,11,14,16H,7-10H2. The zero-order valence-corrected chi connectivity index (χ0v) is 11.1. The zero-order chi connectivity index (χ0) is 12.2. The lowest BCUT2D eigenvalue weighted by Gasteiger charge is -2.26. The van der Waals surface area contributed by atoms with Gasteiger partial charge >= 0.3 is 0 Å². The van der Waals surface area contributed by atoms with E-state index < -0.39 is 0 Å². The van der Waals surface area contributed by atoms with Gasteiger partial charge in [-0.15, -0.1) is 11.3 Å². The van der Waals surface area contributed by atoms with Gasteiger partial charge in [0.15, 0.2) is 0 Å². The first-order valence-corrected chi connectivity index (χ1v) is 7.29. The summed E-state index contributed by atoms with van der Waals surface area (Å²) in [5, 5.41) is 5.78. The zero-order valence-electron chi connectivity index (χ0n) is 10.3. The van der Waals surface area contributed by atoms with Gasteiger partial charge in [0.2, 0.25) is 0 Å². The second kappa shape index (κ2) is 5.55. The Labute approximate surface area is 112 Å². The predicted octanol–water partition coefficient (Wildman–Crippen LogP) is 3.40. The summed E-state index contributed by atoms with van der Waals surface area (Å²) in [6.07, 6.45) is 2.17. The molecular formula is C15H17NOS. The largest absolute Gasteiger partial charge is 0.493 e. The van der Waals surface area contributed by atoms with Gasteiger partial charge in [0.25, 0.3) is 0 Å². The van der Waals surface area contributed by atoms with E-state index in [1.165, 1.54) is 10.4 Å². The maximum Gasteiger partial charge on any atom is 0.124 e. The number of fused-ring (bicyclic) bond motifs is 1. The van der Waals surface area contributed by atoms with E-state index in [1.54, 1.807) is 0 Å². The molecule has 0 spiro atoms. The van der Waals surface area contributed by atoms with Gasteiger partial charge in [-0.1, -0.05) is 24.3 Å². The Morgan fingerprint density at radius 1 is 1.22 bits per heavy atom. The molecule has 2 aromatic rings. The van der Waals surface area contributed by atoms with Crippen LogP contribution < -0.4 is 10.1 Å². The maximum absolute atomic E-state index is 5.67. The van der Waals surface area contributed by atoms with Crippen LogP contribution in [0, 0.1) is 0 Å². The van der Waals surface area contributed by atoms with Crippen LogP contribution in [0.5, 0.6) is 5.75 Å². The fourth-order valence-electron chi connectivity index (χ4n) is 2.38. The van der Waals surface area contributed by atoms with Gasteiger partial charge in [-0.05, 0) is 23.9 Å². The van der Waals surface area contributed by atoms with E-state index in [1.807, 2.05) is 17.4 Å². The summed E-state index contributed by atoms with van der Waals surface area (Å²) in [7, 11) is 0. The normalized spacial score (nSPS) is 18.1. The minimum atomic E-state index is 0.440. The first kappa shape index (κ1) is 11.8. The molecule has 0 saturated carbocycles. The minimum Gasteiger partial charge on any atom is -0.493 e.